The Hall–Kier alpha value is -3.10. The third kappa shape index (κ3) is 3.30. The zero-order valence-corrected chi connectivity index (χ0v) is 16.3. The molecule has 2 heterocycles. The summed E-state index contributed by atoms with van der Waals surface area (Å²) in [6, 6.07) is 2.63. The van der Waals surface area contributed by atoms with Gasteiger partial charge in [0.1, 0.15) is 11.4 Å². The molecular formula is C20H23FN4O4. The maximum absolute atomic E-state index is 15.0. The van der Waals surface area contributed by atoms with E-state index in [0.29, 0.717) is 30.8 Å². The van der Waals surface area contributed by atoms with Gasteiger partial charge >= 0.3 is 12.0 Å². The first-order valence-corrected chi connectivity index (χ1v) is 9.66. The number of carboxylic acids is 1. The largest absolute Gasteiger partial charge is 0.477 e. The number of anilines is 1. The van der Waals surface area contributed by atoms with Crippen LogP contribution in [-0.2, 0) is 0 Å². The summed E-state index contributed by atoms with van der Waals surface area (Å²) in [7, 11) is 1.58. The van der Waals surface area contributed by atoms with Crippen molar-refractivity contribution in [1.82, 2.24) is 14.8 Å². The molecule has 2 aliphatic rings. The molecule has 0 radical (unpaired) electrons. The summed E-state index contributed by atoms with van der Waals surface area (Å²) in [4.78, 5) is 39.6. The highest BCUT2D eigenvalue weighted by Crippen LogP contribution is 2.38. The number of aromatic carboxylic acids is 1. The van der Waals surface area contributed by atoms with Gasteiger partial charge < -0.3 is 24.8 Å². The predicted octanol–water partition coefficient (Wildman–Crippen LogP) is 2.02. The standard InChI is InChI=1S/C20H23FN4O4/c1-11-9-23(5-6-24(11)20(29)22-2)17-8-16-13(7-15(17)21)18(26)14(19(27)28)10-25(16)12-3-4-12/h7-8,10-12H,3-6,9H2,1-2H3,(H,22,29)(H,27,28). The number of carboxylic acid groups (broad SMARTS) is 1. The molecule has 1 saturated heterocycles. The number of nitrogens with zero attached hydrogens (tertiary/aromatic N) is 3. The molecule has 1 unspecified atom stereocenters. The molecule has 154 valence electrons. The first-order chi connectivity index (χ1) is 13.8. The quantitative estimate of drug-likeness (QED) is 0.819. The minimum atomic E-state index is -1.31. The van der Waals surface area contributed by atoms with E-state index in [1.54, 1.807) is 22.6 Å². The molecule has 8 nitrogen and oxygen atoms in total. The normalized spacial score (nSPS) is 19.5. The molecule has 9 heteroatoms. The lowest BCUT2D eigenvalue weighted by molar-refractivity contribution is 0.0694. The lowest BCUT2D eigenvalue weighted by Gasteiger charge is -2.40. The topological polar surface area (TPSA) is 94.9 Å². The molecule has 2 N–H and O–H groups in total. The van der Waals surface area contributed by atoms with Gasteiger partial charge in [-0.15, -0.1) is 0 Å². The van der Waals surface area contributed by atoms with Crippen molar-refractivity contribution in [2.75, 3.05) is 31.6 Å². The molecule has 1 aliphatic heterocycles. The van der Waals surface area contributed by atoms with E-state index in [0.717, 1.165) is 18.9 Å². The van der Waals surface area contributed by atoms with Crippen LogP contribution < -0.4 is 15.6 Å². The van der Waals surface area contributed by atoms with E-state index in [9.17, 15) is 23.9 Å². The van der Waals surface area contributed by atoms with Gasteiger partial charge in [-0.05, 0) is 31.9 Å². The second-order valence-corrected chi connectivity index (χ2v) is 7.68. The number of halogens is 1. The van der Waals surface area contributed by atoms with Gasteiger partial charge in [0.15, 0.2) is 0 Å². The van der Waals surface area contributed by atoms with Crippen LogP contribution in [0.3, 0.4) is 0 Å². The Balaban J connectivity index is 1.77. The van der Waals surface area contributed by atoms with Gasteiger partial charge in [-0.1, -0.05) is 0 Å². The van der Waals surface area contributed by atoms with Crippen LogP contribution in [0.25, 0.3) is 10.9 Å². The molecule has 1 aromatic heterocycles. The molecule has 1 atom stereocenters. The van der Waals surface area contributed by atoms with Gasteiger partial charge in [-0.2, -0.15) is 0 Å². The number of urea groups is 1. The van der Waals surface area contributed by atoms with E-state index in [1.165, 1.54) is 6.20 Å². The van der Waals surface area contributed by atoms with Crippen LogP contribution in [0.1, 0.15) is 36.2 Å². The number of fused-ring (bicyclic) bond motifs is 1. The van der Waals surface area contributed by atoms with Crippen LogP contribution in [0.4, 0.5) is 14.9 Å². The van der Waals surface area contributed by atoms with E-state index >= 15 is 0 Å². The average molecular weight is 402 g/mol. The van der Waals surface area contributed by atoms with E-state index < -0.39 is 17.2 Å². The maximum Gasteiger partial charge on any atom is 0.341 e. The lowest BCUT2D eigenvalue weighted by Crippen LogP contribution is -2.56. The number of rotatable bonds is 3. The first kappa shape index (κ1) is 19.2. The second kappa shape index (κ2) is 7.06. The first-order valence-electron chi connectivity index (χ1n) is 9.66. The number of pyridine rings is 1. The highest BCUT2D eigenvalue weighted by Gasteiger charge is 2.30. The molecule has 1 aromatic carbocycles. The SMILES string of the molecule is CNC(=O)N1CCN(c2cc3c(cc2F)c(=O)c(C(=O)O)cn3C2CC2)CC1C. The highest BCUT2D eigenvalue weighted by molar-refractivity contribution is 5.93. The summed E-state index contributed by atoms with van der Waals surface area (Å²) in [5.41, 5.74) is -0.116. The van der Waals surface area contributed by atoms with Crippen LogP contribution in [-0.4, -0.2) is 59.3 Å². The molecule has 0 bridgehead atoms. The molecule has 2 fully saturated rings. The van der Waals surface area contributed by atoms with Crippen LogP contribution >= 0.6 is 0 Å². The summed E-state index contributed by atoms with van der Waals surface area (Å²) in [5.74, 6) is -1.88. The minimum Gasteiger partial charge on any atom is -0.477 e. The van der Waals surface area contributed by atoms with Crippen LogP contribution in [0.2, 0.25) is 0 Å². The van der Waals surface area contributed by atoms with E-state index in [1.807, 2.05) is 11.8 Å². The number of nitrogens with one attached hydrogen (secondary N) is 1. The summed E-state index contributed by atoms with van der Waals surface area (Å²) in [6.45, 7) is 3.27. The van der Waals surface area contributed by atoms with Gasteiger partial charge in [0.05, 0.1) is 11.2 Å². The van der Waals surface area contributed by atoms with Gasteiger partial charge in [-0.3, -0.25) is 4.79 Å². The molecule has 2 aromatic rings. The molecule has 4 rings (SSSR count). The highest BCUT2D eigenvalue weighted by atomic mass is 19.1. The molecule has 0 spiro atoms. The molecular weight excluding hydrogens is 379 g/mol. The maximum atomic E-state index is 15.0. The number of carbonyl (C=O) groups is 2. The Morgan fingerprint density at radius 1 is 1.24 bits per heavy atom. The van der Waals surface area contributed by atoms with Gasteiger partial charge in [-0.25, -0.2) is 14.0 Å². The van der Waals surface area contributed by atoms with Crippen molar-refractivity contribution in [1.29, 1.82) is 0 Å². The van der Waals surface area contributed by atoms with Crippen LogP contribution in [0.15, 0.2) is 23.1 Å². The summed E-state index contributed by atoms with van der Waals surface area (Å²) >= 11 is 0. The van der Waals surface area contributed by atoms with E-state index in [2.05, 4.69) is 5.32 Å². The van der Waals surface area contributed by atoms with Crippen molar-refractivity contribution in [3.63, 3.8) is 0 Å². The number of aromatic nitrogens is 1. The summed E-state index contributed by atoms with van der Waals surface area (Å²) in [6.07, 6.45) is 3.16. The fourth-order valence-corrected chi connectivity index (χ4v) is 4.03. The average Bonchev–Trinajstić information content (AvgIpc) is 3.52. The summed E-state index contributed by atoms with van der Waals surface area (Å²) < 4.78 is 16.8. The van der Waals surface area contributed by atoms with Crippen molar-refractivity contribution in [3.8, 4) is 0 Å². The Bertz CT molecular complexity index is 1060. The van der Waals surface area contributed by atoms with Gasteiger partial charge in [0, 0.05) is 50.3 Å². The molecule has 1 aliphatic carbocycles. The van der Waals surface area contributed by atoms with Crippen molar-refractivity contribution < 1.29 is 19.1 Å². The monoisotopic (exact) mass is 402 g/mol. The third-order valence-electron chi connectivity index (χ3n) is 5.71. The Labute approximate surface area is 166 Å². The smallest absolute Gasteiger partial charge is 0.341 e. The fraction of sp³-hybridized carbons (Fsp3) is 0.450. The second-order valence-electron chi connectivity index (χ2n) is 7.68. The van der Waals surface area contributed by atoms with Crippen LogP contribution in [0, 0.1) is 5.82 Å². The Morgan fingerprint density at radius 3 is 2.55 bits per heavy atom. The lowest BCUT2D eigenvalue weighted by atomic mass is 10.1. The molecule has 29 heavy (non-hydrogen) atoms. The predicted molar refractivity (Wildman–Crippen MR) is 106 cm³/mol. The molecule has 2 amide bonds. The number of hydrogen-bond donors (Lipinski definition) is 2. The third-order valence-corrected chi connectivity index (χ3v) is 5.71. The number of hydrogen-bond acceptors (Lipinski definition) is 4. The number of benzene rings is 1. The van der Waals surface area contributed by atoms with Gasteiger partial charge in [0.2, 0.25) is 5.43 Å². The zero-order valence-electron chi connectivity index (χ0n) is 16.3. The van der Waals surface area contributed by atoms with Crippen molar-refractivity contribution in [3.05, 3.63) is 39.9 Å². The summed E-state index contributed by atoms with van der Waals surface area (Å²) in [5, 5.41) is 12.0. The van der Waals surface area contributed by atoms with Crippen molar-refractivity contribution in [2.45, 2.75) is 31.8 Å². The zero-order chi connectivity index (χ0) is 20.9. The van der Waals surface area contributed by atoms with Crippen molar-refractivity contribution in [2.24, 2.45) is 0 Å². The number of piperazine rings is 1. The number of carbonyl (C=O) groups excluding carboxylic acids is 1. The van der Waals surface area contributed by atoms with Crippen molar-refractivity contribution >= 4 is 28.6 Å². The minimum absolute atomic E-state index is 0.0788. The van der Waals surface area contributed by atoms with E-state index in [-0.39, 0.29) is 29.1 Å². The van der Waals surface area contributed by atoms with Crippen LogP contribution in [0.5, 0.6) is 0 Å². The Kier molecular flexibility index (Phi) is 4.68. The fourth-order valence-electron chi connectivity index (χ4n) is 4.03. The Morgan fingerprint density at radius 2 is 1.97 bits per heavy atom. The van der Waals surface area contributed by atoms with Gasteiger partial charge in [0.25, 0.3) is 0 Å². The molecule has 1 saturated carbocycles. The number of amides is 2. The van der Waals surface area contributed by atoms with E-state index in [4.69, 9.17) is 0 Å².